The van der Waals surface area contributed by atoms with Crippen molar-refractivity contribution in [2.45, 2.75) is 32.2 Å². The first-order valence-electron chi connectivity index (χ1n) is 5.97. The van der Waals surface area contributed by atoms with Gasteiger partial charge in [0.2, 0.25) is 0 Å². The van der Waals surface area contributed by atoms with E-state index in [-0.39, 0.29) is 24.1 Å². The van der Waals surface area contributed by atoms with E-state index >= 15 is 0 Å². The maximum absolute atomic E-state index is 13.6. The highest BCUT2D eigenvalue weighted by atomic mass is 19.1. The minimum atomic E-state index is -1.25. The van der Waals surface area contributed by atoms with E-state index in [0.717, 1.165) is 6.07 Å². The summed E-state index contributed by atoms with van der Waals surface area (Å²) in [5.41, 5.74) is 3.65. The van der Waals surface area contributed by atoms with Crippen molar-refractivity contribution < 1.29 is 19.1 Å². The van der Waals surface area contributed by atoms with Gasteiger partial charge in [-0.15, -0.1) is 0 Å². The molecule has 0 radical (unpaired) electrons. The molecule has 104 valence electrons. The molecule has 0 aromatic heterocycles. The van der Waals surface area contributed by atoms with E-state index in [4.69, 9.17) is 5.73 Å². The zero-order chi connectivity index (χ0) is 14.6. The van der Waals surface area contributed by atoms with Gasteiger partial charge in [0.1, 0.15) is 11.4 Å². The van der Waals surface area contributed by atoms with Gasteiger partial charge in [-0.3, -0.25) is 4.79 Å². The molecule has 1 amide bonds. The minimum Gasteiger partial charge on any atom is -0.480 e. The summed E-state index contributed by atoms with van der Waals surface area (Å²) >= 11 is 0. The average Bonchev–Trinajstić information content (AvgIpc) is 2.35. The highest BCUT2D eigenvalue weighted by Crippen LogP contribution is 2.26. The number of primary amides is 1. The lowest BCUT2D eigenvalue weighted by atomic mass is 9.92. The molecule has 1 aromatic rings. The zero-order valence-electron chi connectivity index (χ0n) is 10.9. The number of aliphatic carboxylic acids is 1. The predicted molar refractivity (Wildman–Crippen MR) is 69.5 cm³/mol. The van der Waals surface area contributed by atoms with Crippen LogP contribution in [0, 0.1) is 5.82 Å². The summed E-state index contributed by atoms with van der Waals surface area (Å²) in [7, 11) is 0. The number of benzene rings is 1. The first-order valence-corrected chi connectivity index (χ1v) is 5.97. The van der Waals surface area contributed by atoms with E-state index in [1.165, 1.54) is 12.1 Å². The summed E-state index contributed by atoms with van der Waals surface area (Å²) < 4.78 is 13.6. The third-order valence-corrected chi connectivity index (χ3v) is 3.25. The lowest BCUT2D eigenvalue weighted by Gasteiger charge is -2.30. The SMILES string of the molecule is CCC(CC)(Nc1cccc(F)c1C(N)=O)C(=O)O. The third kappa shape index (κ3) is 2.83. The molecule has 0 aliphatic heterocycles. The Morgan fingerprint density at radius 1 is 1.37 bits per heavy atom. The largest absolute Gasteiger partial charge is 0.480 e. The summed E-state index contributed by atoms with van der Waals surface area (Å²) in [6, 6.07) is 3.93. The highest BCUT2D eigenvalue weighted by Gasteiger charge is 2.35. The molecule has 4 N–H and O–H groups in total. The molecule has 0 unspecified atom stereocenters. The number of hydrogen-bond acceptors (Lipinski definition) is 3. The number of rotatable bonds is 6. The van der Waals surface area contributed by atoms with Crippen molar-refractivity contribution in [1.29, 1.82) is 0 Å². The van der Waals surface area contributed by atoms with Gasteiger partial charge in [0.15, 0.2) is 0 Å². The number of halogens is 1. The van der Waals surface area contributed by atoms with Gasteiger partial charge in [-0.1, -0.05) is 19.9 Å². The maximum Gasteiger partial charge on any atom is 0.329 e. The van der Waals surface area contributed by atoms with Crippen molar-refractivity contribution in [3.8, 4) is 0 Å². The lowest BCUT2D eigenvalue weighted by Crippen LogP contribution is -2.45. The van der Waals surface area contributed by atoms with E-state index in [9.17, 15) is 19.1 Å². The van der Waals surface area contributed by atoms with Crippen molar-refractivity contribution in [2.75, 3.05) is 5.32 Å². The molecule has 0 aliphatic rings. The molecular formula is C13H17FN2O3. The fraction of sp³-hybridized carbons (Fsp3) is 0.385. The molecule has 0 bridgehead atoms. The molecule has 0 saturated heterocycles. The highest BCUT2D eigenvalue weighted by molar-refractivity contribution is 5.99. The average molecular weight is 268 g/mol. The number of nitrogens with one attached hydrogen (secondary N) is 1. The number of hydrogen-bond donors (Lipinski definition) is 3. The van der Waals surface area contributed by atoms with Gasteiger partial charge >= 0.3 is 5.97 Å². The van der Waals surface area contributed by atoms with Crippen LogP contribution in [0.1, 0.15) is 37.0 Å². The van der Waals surface area contributed by atoms with Crippen molar-refractivity contribution in [2.24, 2.45) is 5.73 Å². The van der Waals surface area contributed by atoms with Gasteiger partial charge in [0.05, 0.1) is 11.3 Å². The van der Waals surface area contributed by atoms with Gasteiger partial charge in [0.25, 0.3) is 5.91 Å². The number of carbonyl (C=O) groups is 2. The third-order valence-electron chi connectivity index (χ3n) is 3.25. The van der Waals surface area contributed by atoms with Gasteiger partial charge in [-0.05, 0) is 25.0 Å². The number of carbonyl (C=O) groups excluding carboxylic acids is 1. The molecule has 1 aromatic carbocycles. The van der Waals surface area contributed by atoms with Crippen LogP contribution in [-0.2, 0) is 4.79 Å². The molecule has 19 heavy (non-hydrogen) atoms. The minimum absolute atomic E-state index is 0.0959. The Morgan fingerprint density at radius 2 is 1.95 bits per heavy atom. The summed E-state index contributed by atoms with van der Waals surface area (Å²) in [5, 5.41) is 12.1. The fourth-order valence-electron chi connectivity index (χ4n) is 1.92. The fourth-order valence-corrected chi connectivity index (χ4v) is 1.92. The summed E-state index contributed by atoms with van der Waals surface area (Å²) in [6.45, 7) is 3.40. The standard InChI is InChI=1S/C13H17FN2O3/c1-3-13(4-2,12(18)19)16-9-7-5-6-8(14)10(9)11(15)17/h5-7,16H,3-4H2,1-2H3,(H2,15,17)(H,18,19). The van der Waals surface area contributed by atoms with Gasteiger partial charge < -0.3 is 16.2 Å². The molecular weight excluding hydrogens is 251 g/mol. The van der Waals surface area contributed by atoms with Gasteiger partial charge in [-0.25, -0.2) is 9.18 Å². The predicted octanol–water partition coefficient (Wildman–Crippen LogP) is 1.98. The van der Waals surface area contributed by atoms with E-state index in [2.05, 4.69) is 5.32 Å². The van der Waals surface area contributed by atoms with Crippen LogP contribution in [0.15, 0.2) is 18.2 Å². The monoisotopic (exact) mass is 268 g/mol. The normalized spacial score (nSPS) is 11.1. The summed E-state index contributed by atoms with van der Waals surface area (Å²) in [6.07, 6.45) is 0.571. The second-order valence-corrected chi connectivity index (χ2v) is 4.25. The molecule has 0 fully saturated rings. The second-order valence-electron chi connectivity index (χ2n) is 4.25. The van der Waals surface area contributed by atoms with E-state index < -0.39 is 23.2 Å². The number of amides is 1. The number of anilines is 1. The van der Waals surface area contributed by atoms with Crippen LogP contribution in [0.5, 0.6) is 0 Å². The van der Waals surface area contributed by atoms with Crippen LogP contribution in [0.2, 0.25) is 0 Å². The van der Waals surface area contributed by atoms with Crippen LogP contribution >= 0.6 is 0 Å². The quantitative estimate of drug-likeness (QED) is 0.735. The zero-order valence-corrected chi connectivity index (χ0v) is 10.9. The van der Waals surface area contributed by atoms with Crippen molar-refractivity contribution in [3.05, 3.63) is 29.6 Å². The molecule has 0 spiro atoms. The van der Waals surface area contributed by atoms with E-state index in [0.29, 0.717) is 0 Å². The summed E-state index contributed by atoms with van der Waals surface area (Å²) in [5.74, 6) is -2.77. The van der Waals surface area contributed by atoms with Crippen LogP contribution < -0.4 is 11.1 Å². The van der Waals surface area contributed by atoms with Crippen LogP contribution in [-0.4, -0.2) is 22.5 Å². The molecule has 0 atom stereocenters. The molecule has 6 heteroatoms. The Labute approximate surface area is 110 Å². The maximum atomic E-state index is 13.6. The van der Waals surface area contributed by atoms with Gasteiger partial charge in [0, 0.05) is 0 Å². The molecule has 0 heterocycles. The second kappa shape index (κ2) is 5.69. The Kier molecular flexibility index (Phi) is 4.47. The Bertz CT molecular complexity index is 499. The first-order chi connectivity index (χ1) is 8.88. The number of carboxylic acid groups (broad SMARTS) is 1. The van der Waals surface area contributed by atoms with Crippen molar-refractivity contribution >= 4 is 17.6 Å². The Morgan fingerprint density at radius 3 is 2.37 bits per heavy atom. The lowest BCUT2D eigenvalue weighted by molar-refractivity contribution is -0.142. The smallest absolute Gasteiger partial charge is 0.329 e. The van der Waals surface area contributed by atoms with Crippen molar-refractivity contribution in [1.82, 2.24) is 0 Å². The van der Waals surface area contributed by atoms with Crippen molar-refractivity contribution in [3.63, 3.8) is 0 Å². The van der Waals surface area contributed by atoms with E-state index in [1.54, 1.807) is 13.8 Å². The first kappa shape index (κ1) is 14.9. The van der Waals surface area contributed by atoms with Gasteiger partial charge in [-0.2, -0.15) is 0 Å². The topological polar surface area (TPSA) is 92.4 Å². The Balaban J connectivity index is 3.28. The van der Waals surface area contributed by atoms with Crippen LogP contribution in [0.4, 0.5) is 10.1 Å². The molecule has 0 aliphatic carbocycles. The number of carboxylic acids is 1. The number of nitrogens with two attached hydrogens (primary N) is 1. The van der Waals surface area contributed by atoms with Crippen LogP contribution in [0.25, 0.3) is 0 Å². The van der Waals surface area contributed by atoms with E-state index in [1.807, 2.05) is 0 Å². The van der Waals surface area contributed by atoms with Crippen LogP contribution in [0.3, 0.4) is 0 Å². The Hall–Kier alpha value is -2.11. The molecule has 0 saturated carbocycles. The molecule has 1 rings (SSSR count). The summed E-state index contributed by atoms with van der Waals surface area (Å²) in [4.78, 5) is 22.7. The molecule has 5 nitrogen and oxygen atoms in total.